The van der Waals surface area contributed by atoms with Gasteiger partial charge in [0.2, 0.25) is 0 Å². The average Bonchev–Trinajstić information content (AvgIpc) is 2.48. The number of anilines is 1. The summed E-state index contributed by atoms with van der Waals surface area (Å²) in [5.41, 5.74) is 3.78. The van der Waals surface area contributed by atoms with Crippen LogP contribution in [0.15, 0.2) is 33.8 Å². The third-order valence-electron chi connectivity index (χ3n) is 3.19. The molecule has 2 rings (SSSR count). The van der Waals surface area contributed by atoms with E-state index >= 15 is 0 Å². The number of hydrogen-bond donors (Lipinski definition) is 2. The van der Waals surface area contributed by atoms with Gasteiger partial charge in [0, 0.05) is 41.8 Å². The average molecular weight is 353 g/mol. The Hall–Kier alpha value is -1.73. The highest BCUT2D eigenvalue weighted by Gasteiger charge is 2.15. The summed E-state index contributed by atoms with van der Waals surface area (Å²) in [5, 5.41) is 6.53. The molecule has 0 radical (unpaired) electrons. The zero-order chi connectivity index (χ0) is 15.2. The number of benzene rings is 1. The second-order valence-electron chi connectivity index (χ2n) is 4.88. The van der Waals surface area contributed by atoms with Crippen molar-refractivity contribution >= 4 is 39.1 Å². The molecule has 0 unspecified atom stereocenters. The van der Waals surface area contributed by atoms with E-state index in [2.05, 4.69) is 36.7 Å². The number of halogens is 1. The summed E-state index contributed by atoms with van der Waals surface area (Å²) < 4.78 is 0.901. The maximum atomic E-state index is 11.7. The summed E-state index contributed by atoms with van der Waals surface area (Å²) in [6.07, 6.45) is 1.62. The van der Waals surface area contributed by atoms with E-state index in [-0.39, 0.29) is 0 Å². The van der Waals surface area contributed by atoms with E-state index in [1.807, 2.05) is 7.05 Å². The molecule has 7 heteroatoms. The van der Waals surface area contributed by atoms with Crippen molar-refractivity contribution in [2.45, 2.75) is 12.8 Å². The summed E-state index contributed by atoms with van der Waals surface area (Å²) in [6.45, 7) is 1.83. The molecule has 0 aromatic heterocycles. The molecule has 1 aliphatic rings. The molecule has 2 N–H and O–H groups in total. The number of piperidine rings is 1. The number of rotatable bonds is 2. The van der Waals surface area contributed by atoms with Gasteiger partial charge < -0.3 is 10.2 Å². The van der Waals surface area contributed by atoms with Gasteiger partial charge in [-0.15, -0.1) is 0 Å². The summed E-state index contributed by atoms with van der Waals surface area (Å²) in [6, 6.07) is 6.98. The largest absolute Gasteiger partial charge is 0.329 e. The fraction of sp³-hybridized carbons (Fsp3) is 0.357. The van der Waals surface area contributed by atoms with Crippen LogP contribution >= 0.6 is 15.9 Å². The first-order valence-corrected chi connectivity index (χ1v) is 7.45. The van der Waals surface area contributed by atoms with E-state index in [9.17, 15) is 9.59 Å². The van der Waals surface area contributed by atoms with E-state index in [0.717, 1.165) is 36.1 Å². The highest BCUT2D eigenvalue weighted by molar-refractivity contribution is 9.10. The molecule has 1 aliphatic heterocycles. The monoisotopic (exact) mass is 352 g/mol. The molecule has 0 atom stereocenters. The number of carbonyl (C=O) groups is 2. The van der Waals surface area contributed by atoms with Crippen molar-refractivity contribution in [1.29, 1.82) is 0 Å². The minimum atomic E-state index is -0.760. The molecule has 0 aliphatic carbocycles. The predicted molar refractivity (Wildman–Crippen MR) is 85.1 cm³/mol. The molecule has 0 bridgehead atoms. The van der Waals surface area contributed by atoms with E-state index in [4.69, 9.17) is 0 Å². The minimum absolute atomic E-state index is 0.560. The van der Waals surface area contributed by atoms with Crippen LogP contribution < -0.4 is 10.7 Å². The lowest BCUT2D eigenvalue weighted by Gasteiger charge is -2.22. The van der Waals surface area contributed by atoms with Crippen molar-refractivity contribution in [3.63, 3.8) is 0 Å². The van der Waals surface area contributed by atoms with Crippen molar-refractivity contribution in [2.75, 3.05) is 25.5 Å². The highest BCUT2D eigenvalue weighted by atomic mass is 79.9. The lowest BCUT2D eigenvalue weighted by Crippen LogP contribution is -2.35. The maximum Gasteiger partial charge on any atom is 0.329 e. The molecule has 1 fully saturated rings. The fourth-order valence-electron chi connectivity index (χ4n) is 1.89. The van der Waals surface area contributed by atoms with Crippen molar-refractivity contribution in [3.8, 4) is 0 Å². The van der Waals surface area contributed by atoms with Crippen LogP contribution in [0.3, 0.4) is 0 Å². The maximum absolute atomic E-state index is 11.7. The number of hydrazone groups is 1. The first-order chi connectivity index (χ1) is 10.0. The number of likely N-dealkylation sites (tertiary alicyclic amines) is 1. The smallest absolute Gasteiger partial charge is 0.318 e. The Labute approximate surface area is 131 Å². The van der Waals surface area contributed by atoms with Crippen LogP contribution in [0, 0.1) is 0 Å². The summed E-state index contributed by atoms with van der Waals surface area (Å²) >= 11 is 3.30. The zero-order valence-electron chi connectivity index (χ0n) is 11.7. The SMILES string of the molecule is CN1CCC(=NNC(=O)C(=O)Nc2ccc(Br)cc2)CC1. The summed E-state index contributed by atoms with van der Waals surface area (Å²) in [4.78, 5) is 25.6. The van der Waals surface area contributed by atoms with Gasteiger partial charge in [-0.2, -0.15) is 5.10 Å². The Balaban J connectivity index is 1.84. The quantitative estimate of drug-likeness (QED) is 0.626. The zero-order valence-corrected chi connectivity index (χ0v) is 13.3. The van der Waals surface area contributed by atoms with Crippen molar-refractivity contribution in [2.24, 2.45) is 5.10 Å². The van der Waals surface area contributed by atoms with E-state index in [0.29, 0.717) is 5.69 Å². The van der Waals surface area contributed by atoms with Gasteiger partial charge in [-0.05, 0) is 31.3 Å². The van der Waals surface area contributed by atoms with Crippen molar-refractivity contribution < 1.29 is 9.59 Å². The molecule has 6 nitrogen and oxygen atoms in total. The number of hydrogen-bond acceptors (Lipinski definition) is 4. The van der Waals surface area contributed by atoms with Crippen LogP contribution in [-0.2, 0) is 9.59 Å². The lowest BCUT2D eigenvalue weighted by molar-refractivity contribution is -0.136. The molecule has 21 heavy (non-hydrogen) atoms. The second-order valence-corrected chi connectivity index (χ2v) is 5.80. The molecule has 2 amide bonds. The van der Waals surface area contributed by atoms with E-state index in [1.165, 1.54) is 0 Å². The highest BCUT2D eigenvalue weighted by Crippen LogP contribution is 2.13. The van der Waals surface area contributed by atoms with Gasteiger partial charge in [0.15, 0.2) is 0 Å². The van der Waals surface area contributed by atoms with Gasteiger partial charge in [-0.1, -0.05) is 15.9 Å². The molecule has 1 aromatic carbocycles. The molecule has 1 saturated heterocycles. The number of nitrogens with one attached hydrogen (secondary N) is 2. The summed E-state index contributed by atoms with van der Waals surface area (Å²) in [5.74, 6) is -1.49. The van der Waals surface area contributed by atoms with Crippen LogP contribution in [-0.4, -0.2) is 42.6 Å². The molecule has 1 heterocycles. The molecular formula is C14H17BrN4O2. The van der Waals surface area contributed by atoms with E-state index < -0.39 is 11.8 Å². The van der Waals surface area contributed by atoms with Gasteiger partial charge in [0.05, 0.1) is 0 Å². The molecule has 1 aromatic rings. The van der Waals surface area contributed by atoms with E-state index in [1.54, 1.807) is 24.3 Å². The van der Waals surface area contributed by atoms with Gasteiger partial charge in [-0.25, -0.2) is 5.43 Å². The molecule has 0 saturated carbocycles. The third-order valence-corrected chi connectivity index (χ3v) is 3.72. The van der Waals surface area contributed by atoms with Crippen LogP contribution in [0.5, 0.6) is 0 Å². The molecule has 112 valence electrons. The van der Waals surface area contributed by atoms with Gasteiger partial charge >= 0.3 is 11.8 Å². The van der Waals surface area contributed by atoms with Crippen molar-refractivity contribution in [1.82, 2.24) is 10.3 Å². The normalized spacial score (nSPS) is 15.4. The number of amides is 2. The predicted octanol–water partition coefficient (Wildman–Crippen LogP) is 1.59. The van der Waals surface area contributed by atoms with Gasteiger partial charge in [-0.3, -0.25) is 9.59 Å². The van der Waals surface area contributed by atoms with Crippen LogP contribution in [0.25, 0.3) is 0 Å². The fourth-order valence-corrected chi connectivity index (χ4v) is 2.15. The van der Waals surface area contributed by atoms with Crippen molar-refractivity contribution in [3.05, 3.63) is 28.7 Å². The second kappa shape index (κ2) is 7.33. The Morgan fingerprint density at radius 2 is 1.76 bits per heavy atom. The Morgan fingerprint density at radius 1 is 1.14 bits per heavy atom. The van der Waals surface area contributed by atoms with Gasteiger partial charge in [0.1, 0.15) is 0 Å². The molecular weight excluding hydrogens is 336 g/mol. The molecule has 0 spiro atoms. The van der Waals surface area contributed by atoms with Gasteiger partial charge in [0.25, 0.3) is 0 Å². The standard InChI is InChI=1S/C14H17BrN4O2/c1-19-8-6-12(7-9-19)17-18-14(21)13(20)16-11-4-2-10(15)3-5-11/h2-5H,6-9H2,1H3,(H,16,20)(H,18,21). The first kappa shape index (κ1) is 15.7. The van der Waals surface area contributed by atoms with Crippen LogP contribution in [0.2, 0.25) is 0 Å². The number of nitrogens with zero attached hydrogens (tertiary/aromatic N) is 2. The third kappa shape index (κ3) is 4.95. The van der Waals surface area contributed by atoms with Crippen LogP contribution in [0.4, 0.5) is 5.69 Å². The topological polar surface area (TPSA) is 73.8 Å². The Morgan fingerprint density at radius 3 is 2.38 bits per heavy atom. The minimum Gasteiger partial charge on any atom is -0.318 e. The van der Waals surface area contributed by atoms with Crippen LogP contribution in [0.1, 0.15) is 12.8 Å². The number of carbonyl (C=O) groups excluding carboxylic acids is 2. The first-order valence-electron chi connectivity index (χ1n) is 6.65. The Kier molecular flexibility index (Phi) is 5.46. The lowest BCUT2D eigenvalue weighted by atomic mass is 10.1. The Bertz CT molecular complexity index is 547. The summed E-state index contributed by atoms with van der Waals surface area (Å²) in [7, 11) is 2.04.